The number of nitrogens with one attached hydrogen (secondary N) is 1. The van der Waals surface area contributed by atoms with E-state index in [-0.39, 0.29) is 49.2 Å². The number of hydrogen-bond acceptors (Lipinski definition) is 5. The number of carbonyl (C=O) groups is 4. The number of carbonyl (C=O) groups excluding carboxylic acids is 4. The Morgan fingerprint density at radius 2 is 1.82 bits per heavy atom. The molecule has 0 saturated carbocycles. The van der Waals surface area contributed by atoms with Crippen LogP contribution in [0.2, 0.25) is 0 Å². The van der Waals surface area contributed by atoms with E-state index in [2.05, 4.69) is 10.3 Å². The summed E-state index contributed by atoms with van der Waals surface area (Å²) in [6.45, 7) is 5.81. The van der Waals surface area contributed by atoms with Crippen LogP contribution in [0.3, 0.4) is 0 Å². The molecule has 3 aromatic rings. The molecule has 1 spiro atoms. The molecule has 11 heteroatoms. The number of hydrogen-bond donors (Lipinski definition) is 1. The lowest BCUT2D eigenvalue weighted by molar-refractivity contribution is -0.139. The fourth-order valence-electron chi connectivity index (χ4n) is 5.50. The maximum absolute atomic E-state index is 14.3. The number of halogens is 1. The number of pyridine rings is 1. The molecule has 2 aliphatic heterocycles. The largest absolute Gasteiger partial charge is 0.341 e. The van der Waals surface area contributed by atoms with Crippen LogP contribution in [0.5, 0.6) is 0 Å². The lowest BCUT2D eigenvalue weighted by atomic mass is 9.85. The Bertz CT molecular complexity index is 1480. The topological polar surface area (TPSA) is 107 Å². The third-order valence-electron chi connectivity index (χ3n) is 7.73. The average molecular weight is 535 g/mol. The van der Waals surface area contributed by atoms with Gasteiger partial charge in [0.25, 0.3) is 11.8 Å². The fourth-order valence-corrected chi connectivity index (χ4v) is 5.50. The summed E-state index contributed by atoms with van der Waals surface area (Å²) in [4.78, 5) is 61.6. The van der Waals surface area contributed by atoms with E-state index < -0.39 is 29.3 Å². The smallest absolute Gasteiger partial charge is 0.331 e. The molecule has 1 aromatic carbocycles. The molecule has 4 heterocycles. The van der Waals surface area contributed by atoms with Crippen molar-refractivity contribution < 1.29 is 23.6 Å². The summed E-state index contributed by atoms with van der Waals surface area (Å²) in [6.07, 6.45) is 5.66. The molecular formula is C28H31FN6O4. The van der Waals surface area contributed by atoms with E-state index in [4.69, 9.17) is 0 Å². The van der Waals surface area contributed by atoms with Crippen molar-refractivity contribution in [2.75, 3.05) is 25.0 Å². The number of aryl methyl sites for hydroxylation is 1. The molecule has 0 aliphatic carbocycles. The number of anilines is 1. The first-order chi connectivity index (χ1) is 18.5. The lowest BCUT2D eigenvalue weighted by Crippen LogP contribution is -2.60. The molecule has 39 heavy (non-hydrogen) atoms. The molecule has 0 radical (unpaired) electrons. The van der Waals surface area contributed by atoms with Gasteiger partial charge in [0.1, 0.15) is 23.0 Å². The van der Waals surface area contributed by atoms with E-state index in [1.54, 1.807) is 53.0 Å². The molecule has 204 valence electrons. The third kappa shape index (κ3) is 4.41. The Hall–Kier alpha value is -4.28. The van der Waals surface area contributed by atoms with Crippen molar-refractivity contribution >= 4 is 35.1 Å². The minimum Gasteiger partial charge on any atom is -0.341 e. The zero-order valence-corrected chi connectivity index (χ0v) is 22.3. The molecule has 2 aliphatic rings. The highest BCUT2D eigenvalue weighted by atomic mass is 19.1. The van der Waals surface area contributed by atoms with Crippen molar-refractivity contribution in [1.29, 1.82) is 0 Å². The molecule has 0 bridgehead atoms. The van der Waals surface area contributed by atoms with Crippen LogP contribution in [-0.2, 0) is 9.59 Å². The van der Waals surface area contributed by atoms with Crippen molar-refractivity contribution in [2.24, 2.45) is 5.92 Å². The van der Waals surface area contributed by atoms with Crippen molar-refractivity contribution in [3.8, 4) is 0 Å². The summed E-state index contributed by atoms with van der Waals surface area (Å²) >= 11 is 0. The average Bonchev–Trinajstić information content (AvgIpc) is 3.45. The molecule has 2 saturated heterocycles. The second-order valence-corrected chi connectivity index (χ2v) is 10.6. The third-order valence-corrected chi connectivity index (χ3v) is 7.73. The first-order valence-electron chi connectivity index (χ1n) is 12.9. The molecule has 1 atom stereocenters. The van der Waals surface area contributed by atoms with Crippen LogP contribution in [-0.4, -0.2) is 74.7 Å². The maximum Gasteiger partial charge on any atom is 0.331 e. The van der Waals surface area contributed by atoms with Crippen LogP contribution in [0, 0.1) is 18.7 Å². The molecule has 2 aromatic heterocycles. The SMILES string of the molecule is Cc1ccc(F)c(C(=O)N[C@@H](C(=O)N2CCC3(CC2)C(=O)N(C)C(=O)N3c2ccc3nccn3c2)C(C)C)c1. The number of benzene rings is 1. The van der Waals surface area contributed by atoms with E-state index in [9.17, 15) is 23.6 Å². The molecular weight excluding hydrogens is 503 g/mol. The van der Waals surface area contributed by atoms with Gasteiger partial charge in [-0.2, -0.15) is 0 Å². The highest BCUT2D eigenvalue weighted by Gasteiger charge is 2.58. The number of rotatable bonds is 5. The van der Waals surface area contributed by atoms with Gasteiger partial charge >= 0.3 is 6.03 Å². The number of fused-ring (bicyclic) bond motifs is 1. The number of amides is 5. The Morgan fingerprint density at radius 1 is 1.10 bits per heavy atom. The van der Waals surface area contributed by atoms with Gasteiger partial charge in [0.2, 0.25) is 5.91 Å². The zero-order chi connectivity index (χ0) is 28.1. The standard InChI is InChI=1S/C28H31FN6O4/c1-17(2)23(31-24(36)20-15-18(3)5-7-21(20)29)25(37)33-12-9-28(10-13-33)26(38)32(4)27(39)35(28)19-6-8-22-30-11-14-34(22)16-19/h5-8,11,14-17,23H,9-10,12-13H2,1-4H3,(H,31,36)/t23-/m1/s1. The number of likely N-dealkylation sites (N-methyl/N-ethyl adjacent to an activating group) is 1. The van der Waals surface area contributed by atoms with Crippen LogP contribution in [0.15, 0.2) is 48.9 Å². The Balaban J connectivity index is 1.36. The Kier molecular flexibility index (Phi) is 6.61. The minimum absolute atomic E-state index is 0.116. The number of nitrogens with zero attached hydrogens (tertiary/aromatic N) is 5. The number of likely N-dealkylation sites (tertiary alicyclic amines) is 1. The maximum atomic E-state index is 14.3. The first-order valence-corrected chi connectivity index (χ1v) is 12.9. The zero-order valence-electron chi connectivity index (χ0n) is 22.3. The molecule has 5 rings (SSSR count). The van der Waals surface area contributed by atoms with Crippen LogP contribution in [0.4, 0.5) is 14.9 Å². The quantitative estimate of drug-likeness (QED) is 0.507. The van der Waals surface area contributed by atoms with Gasteiger partial charge in [-0.05, 0) is 49.9 Å². The number of aromatic nitrogens is 2. The summed E-state index contributed by atoms with van der Waals surface area (Å²) < 4.78 is 16.1. The molecule has 5 amide bonds. The van der Waals surface area contributed by atoms with Crippen molar-refractivity contribution in [3.63, 3.8) is 0 Å². The molecule has 2 fully saturated rings. The van der Waals surface area contributed by atoms with Crippen molar-refractivity contribution in [2.45, 2.75) is 45.2 Å². The fraction of sp³-hybridized carbons (Fsp3) is 0.393. The van der Waals surface area contributed by atoms with Gasteiger partial charge in [-0.25, -0.2) is 14.2 Å². The van der Waals surface area contributed by atoms with Gasteiger partial charge in [0.05, 0.1) is 11.3 Å². The number of imidazole rings is 1. The second-order valence-electron chi connectivity index (χ2n) is 10.6. The monoisotopic (exact) mass is 534 g/mol. The summed E-state index contributed by atoms with van der Waals surface area (Å²) in [5.41, 5.74) is 0.766. The highest BCUT2D eigenvalue weighted by molar-refractivity contribution is 6.16. The van der Waals surface area contributed by atoms with Crippen LogP contribution in [0.1, 0.15) is 42.6 Å². The van der Waals surface area contributed by atoms with E-state index in [1.807, 2.05) is 13.8 Å². The predicted molar refractivity (Wildman–Crippen MR) is 142 cm³/mol. The molecule has 10 nitrogen and oxygen atoms in total. The lowest BCUT2D eigenvalue weighted by Gasteiger charge is -2.43. The normalized spacial score (nSPS) is 17.9. The van der Waals surface area contributed by atoms with Crippen LogP contribution in [0.25, 0.3) is 5.65 Å². The van der Waals surface area contributed by atoms with Gasteiger partial charge in [0.15, 0.2) is 0 Å². The van der Waals surface area contributed by atoms with Crippen molar-refractivity contribution in [1.82, 2.24) is 24.5 Å². The summed E-state index contributed by atoms with van der Waals surface area (Å²) in [6, 6.07) is 6.50. The van der Waals surface area contributed by atoms with E-state index in [0.717, 1.165) is 10.5 Å². The first kappa shape index (κ1) is 26.3. The summed E-state index contributed by atoms with van der Waals surface area (Å²) in [7, 11) is 1.47. The Morgan fingerprint density at radius 3 is 2.51 bits per heavy atom. The number of imide groups is 1. The van der Waals surface area contributed by atoms with Crippen molar-refractivity contribution in [3.05, 3.63) is 65.9 Å². The Labute approximate surface area is 225 Å². The summed E-state index contributed by atoms with van der Waals surface area (Å²) in [5, 5.41) is 2.71. The van der Waals surface area contributed by atoms with Gasteiger partial charge in [-0.15, -0.1) is 0 Å². The van der Waals surface area contributed by atoms with E-state index >= 15 is 0 Å². The minimum atomic E-state index is -1.13. The number of piperidine rings is 1. The van der Waals surface area contributed by atoms with Gasteiger partial charge in [-0.3, -0.25) is 24.2 Å². The van der Waals surface area contributed by atoms with Crippen LogP contribution >= 0.6 is 0 Å². The molecule has 1 N–H and O–H groups in total. The highest BCUT2D eigenvalue weighted by Crippen LogP contribution is 2.40. The predicted octanol–water partition coefficient (Wildman–Crippen LogP) is 3.00. The summed E-state index contributed by atoms with van der Waals surface area (Å²) in [5.74, 6) is -2.19. The number of urea groups is 1. The van der Waals surface area contributed by atoms with Crippen LogP contribution < -0.4 is 10.2 Å². The second kappa shape index (κ2) is 9.79. The van der Waals surface area contributed by atoms with E-state index in [0.29, 0.717) is 11.3 Å². The van der Waals surface area contributed by atoms with Gasteiger partial charge in [-0.1, -0.05) is 25.5 Å². The molecule has 0 unspecified atom stereocenters. The van der Waals surface area contributed by atoms with E-state index in [1.165, 1.54) is 24.1 Å². The van der Waals surface area contributed by atoms with Gasteiger partial charge < -0.3 is 14.6 Å². The van der Waals surface area contributed by atoms with Gasteiger partial charge in [0, 0.05) is 38.7 Å².